The molecule has 0 aliphatic carbocycles. The van der Waals surface area contributed by atoms with Crippen molar-refractivity contribution in [2.75, 3.05) is 6.61 Å². The molecule has 134 valence electrons. The quantitative estimate of drug-likeness (QED) is 0.645. The molecule has 25 heavy (non-hydrogen) atoms. The van der Waals surface area contributed by atoms with E-state index in [9.17, 15) is 9.59 Å². The van der Waals surface area contributed by atoms with Gasteiger partial charge in [-0.1, -0.05) is 43.7 Å². The van der Waals surface area contributed by atoms with E-state index in [2.05, 4.69) is 42.0 Å². The first-order valence-electron chi connectivity index (χ1n) is 8.19. The van der Waals surface area contributed by atoms with E-state index < -0.39 is 6.09 Å². The number of aryl methyl sites for hydroxylation is 1. The second kappa shape index (κ2) is 11.6. The van der Waals surface area contributed by atoms with Crippen molar-refractivity contribution in [1.29, 1.82) is 0 Å². The molecule has 6 heteroatoms. The minimum absolute atomic E-state index is 0.0123. The lowest BCUT2D eigenvalue weighted by Crippen LogP contribution is -2.36. The van der Waals surface area contributed by atoms with Gasteiger partial charge in [0.1, 0.15) is 0 Å². The summed E-state index contributed by atoms with van der Waals surface area (Å²) >= 11 is 0. The number of amides is 1. The van der Waals surface area contributed by atoms with Gasteiger partial charge in [-0.25, -0.2) is 9.59 Å². The Labute approximate surface area is 148 Å². The van der Waals surface area contributed by atoms with Crippen molar-refractivity contribution in [3.63, 3.8) is 0 Å². The molecule has 0 atom stereocenters. The normalized spacial score (nSPS) is 9.52. The number of rotatable bonds is 6. The van der Waals surface area contributed by atoms with Crippen molar-refractivity contribution in [2.24, 2.45) is 5.73 Å². The average molecular weight is 345 g/mol. The van der Waals surface area contributed by atoms with Gasteiger partial charge in [-0.3, -0.25) is 0 Å². The van der Waals surface area contributed by atoms with E-state index in [1.54, 1.807) is 36.0 Å². The maximum Gasteiger partial charge on any atom is 0.409 e. The summed E-state index contributed by atoms with van der Waals surface area (Å²) in [4.78, 5) is 21.6. The molecular weight excluding hydrogens is 320 g/mol. The summed E-state index contributed by atoms with van der Waals surface area (Å²) in [7, 11) is 0. The third kappa shape index (κ3) is 8.50. The van der Waals surface area contributed by atoms with Crippen molar-refractivity contribution >= 4 is 12.1 Å². The molecule has 0 saturated carbocycles. The van der Waals surface area contributed by atoms with Crippen LogP contribution in [0.25, 0.3) is 0 Å². The number of nitrogens with zero attached hydrogens (tertiary/aromatic N) is 1. The Morgan fingerprint density at radius 1 is 1.00 bits per heavy atom. The van der Waals surface area contributed by atoms with Gasteiger partial charge in [-0.05, 0) is 18.9 Å². The van der Waals surface area contributed by atoms with Crippen LogP contribution in [0.2, 0.25) is 0 Å². The maximum atomic E-state index is 11.3. The molecule has 2 rings (SSSR count). The number of ether oxygens (including phenoxy) is 2. The van der Waals surface area contributed by atoms with Crippen LogP contribution < -0.4 is 10.3 Å². The Morgan fingerprint density at radius 2 is 1.64 bits per heavy atom. The maximum absolute atomic E-state index is 11.3. The fraction of sp³-hybridized carbons (Fsp3) is 0.316. The first-order valence-corrected chi connectivity index (χ1v) is 8.19. The molecule has 0 unspecified atom stereocenters. The number of primary amides is 1. The molecule has 1 aromatic carbocycles. The SMILES string of the molecule is CCCc1ccccc1.CCOC(=O)c1cc[n+](COC(N)=O)cc1. The third-order valence-corrected chi connectivity index (χ3v) is 3.14. The predicted octanol–water partition coefficient (Wildman–Crippen LogP) is 2.84. The Bertz CT molecular complexity index is 642. The zero-order chi connectivity index (χ0) is 18.5. The van der Waals surface area contributed by atoms with Crippen LogP contribution in [0.5, 0.6) is 0 Å². The number of carbonyl (C=O) groups excluding carboxylic acids is 2. The molecule has 0 fully saturated rings. The van der Waals surface area contributed by atoms with Gasteiger partial charge < -0.3 is 15.2 Å². The lowest BCUT2D eigenvalue weighted by Gasteiger charge is -2.00. The number of carbonyl (C=O) groups is 2. The highest BCUT2D eigenvalue weighted by Gasteiger charge is 2.09. The Kier molecular flexibility index (Phi) is 9.36. The average Bonchev–Trinajstić information content (AvgIpc) is 2.62. The lowest BCUT2D eigenvalue weighted by atomic mass is 10.1. The number of nitrogens with two attached hydrogens (primary N) is 1. The second-order valence-electron chi connectivity index (χ2n) is 5.15. The molecule has 0 radical (unpaired) electrons. The molecule has 1 amide bonds. The van der Waals surface area contributed by atoms with Gasteiger partial charge >= 0.3 is 12.1 Å². The number of pyridine rings is 1. The number of esters is 1. The zero-order valence-corrected chi connectivity index (χ0v) is 14.7. The molecule has 0 saturated heterocycles. The van der Waals surface area contributed by atoms with Crippen molar-refractivity contribution in [2.45, 2.75) is 33.4 Å². The highest BCUT2D eigenvalue weighted by Crippen LogP contribution is 2.00. The first kappa shape index (κ1) is 20.2. The van der Waals surface area contributed by atoms with Crippen molar-refractivity contribution in [3.8, 4) is 0 Å². The molecule has 2 aromatic rings. The molecular formula is C19H25N2O4+. The van der Waals surface area contributed by atoms with Gasteiger partial charge in [0.2, 0.25) is 0 Å². The van der Waals surface area contributed by atoms with Crippen LogP contribution in [0, 0.1) is 0 Å². The van der Waals surface area contributed by atoms with Crippen LogP contribution in [0.15, 0.2) is 54.9 Å². The summed E-state index contributed by atoms with van der Waals surface area (Å²) in [5, 5.41) is 0. The first-order chi connectivity index (χ1) is 12.1. The summed E-state index contributed by atoms with van der Waals surface area (Å²) in [5.41, 5.74) is 6.70. The largest absolute Gasteiger partial charge is 0.462 e. The highest BCUT2D eigenvalue weighted by molar-refractivity contribution is 5.88. The van der Waals surface area contributed by atoms with Gasteiger partial charge in [-0.2, -0.15) is 4.57 Å². The zero-order valence-electron chi connectivity index (χ0n) is 14.7. The number of aromatic nitrogens is 1. The minimum Gasteiger partial charge on any atom is -0.462 e. The van der Waals surface area contributed by atoms with E-state index >= 15 is 0 Å². The van der Waals surface area contributed by atoms with Gasteiger partial charge in [-0.15, -0.1) is 0 Å². The van der Waals surface area contributed by atoms with Gasteiger partial charge in [0.25, 0.3) is 6.73 Å². The molecule has 2 N–H and O–H groups in total. The van der Waals surface area contributed by atoms with Crippen molar-refractivity contribution in [1.82, 2.24) is 0 Å². The van der Waals surface area contributed by atoms with Crippen LogP contribution >= 0.6 is 0 Å². The smallest absolute Gasteiger partial charge is 0.409 e. The molecule has 1 heterocycles. The van der Waals surface area contributed by atoms with Crippen LogP contribution in [0.1, 0.15) is 36.2 Å². The summed E-state index contributed by atoms with van der Waals surface area (Å²) < 4.78 is 10.9. The van der Waals surface area contributed by atoms with Crippen LogP contribution in [-0.2, 0) is 22.6 Å². The summed E-state index contributed by atoms with van der Waals surface area (Å²) in [6.07, 6.45) is 4.79. The summed E-state index contributed by atoms with van der Waals surface area (Å²) in [6, 6.07) is 13.7. The van der Waals surface area contributed by atoms with Crippen molar-refractivity contribution in [3.05, 3.63) is 66.0 Å². The van der Waals surface area contributed by atoms with E-state index in [0.29, 0.717) is 12.2 Å². The predicted molar refractivity (Wildman–Crippen MR) is 93.7 cm³/mol. The topological polar surface area (TPSA) is 82.5 Å². The Balaban J connectivity index is 0.000000293. The van der Waals surface area contributed by atoms with Gasteiger partial charge in [0, 0.05) is 12.1 Å². The molecule has 6 nitrogen and oxygen atoms in total. The monoisotopic (exact) mass is 345 g/mol. The Hall–Kier alpha value is -2.89. The molecule has 0 aliphatic rings. The molecule has 1 aromatic heterocycles. The third-order valence-electron chi connectivity index (χ3n) is 3.14. The van der Waals surface area contributed by atoms with E-state index in [1.807, 2.05) is 0 Å². The number of hydrogen-bond acceptors (Lipinski definition) is 4. The fourth-order valence-corrected chi connectivity index (χ4v) is 1.97. The molecule has 0 aliphatic heterocycles. The van der Waals surface area contributed by atoms with Crippen LogP contribution in [0.3, 0.4) is 0 Å². The molecule has 0 bridgehead atoms. The number of benzene rings is 1. The standard InChI is InChI=1S/C10H12N2O4.C9H12/c1-2-15-9(13)8-3-5-12(6-4-8)7-16-10(11)14;1-2-6-9-7-4-3-5-8-9/h3-6H,2,7H2,1H3,(H-,11,14);3-5,7-8H,2,6H2,1H3/p+1. The van der Waals surface area contributed by atoms with Crippen LogP contribution in [-0.4, -0.2) is 18.7 Å². The van der Waals surface area contributed by atoms with Crippen LogP contribution in [0.4, 0.5) is 4.79 Å². The van der Waals surface area contributed by atoms with E-state index in [4.69, 9.17) is 10.5 Å². The lowest BCUT2D eigenvalue weighted by molar-refractivity contribution is -0.727. The summed E-state index contributed by atoms with van der Waals surface area (Å²) in [5.74, 6) is -0.384. The van der Waals surface area contributed by atoms with Crippen molar-refractivity contribution < 1.29 is 23.6 Å². The van der Waals surface area contributed by atoms with E-state index in [1.165, 1.54) is 18.4 Å². The Morgan fingerprint density at radius 3 is 2.16 bits per heavy atom. The second-order valence-corrected chi connectivity index (χ2v) is 5.15. The van der Waals surface area contributed by atoms with Gasteiger partial charge in [0.05, 0.1) is 12.2 Å². The molecule has 0 spiro atoms. The number of hydrogen-bond donors (Lipinski definition) is 1. The van der Waals surface area contributed by atoms with E-state index in [0.717, 1.165) is 0 Å². The summed E-state index contributed by atoms with van der Waals surface area (Å²) in [6.45, 7) is 4.28. The van der Waals surface area contributed by atoms with E-state index in [-0.39, 0.29) is 12.7 Å². The minimum atomic E-state index is -0.845. The highest BCUT2D eigenvalue weighted by atomic mass is 16.6. The van der Waals surface area contributed by atoms with Gasteiger partial charge in [0.15, 0.2) is 12.4 Å². The fourth-order valence-electron chi connectivity index (χ4n) is 1.97.